The molecule has 2 aromatic rings. The van der Waals surface area contributed by atoms with Crippen molar-refractivity contribution >= 4 is 82.5 Å². The van der Waals surface area contributed by atoms with Gasteiger partial charge < -0.3 is 49.7 Å². The third-order valence-corrected chi connectivity index (χ3v) is 18.3. The van der Waals surface area contributed by atoms with E-state index in [1.165, 1.54) is 30.9 Å². The summed E-state index contributed by atoms with van der Waals surface area (Å²) in [5, 5.41) is 5.63. The molecule has 69 heavy (non-hydrogen) atoms. The molecular formula is C43H59N6O16PS3. The predicted octanol–water partition coefficient (Wildman–Crippen LogP) is 3.84. The van der Waals surface area contributed by atoms with Gasteiger partial charge in [-0.05, 0) is 69.3 Å². The molecule has 380 valence electrons. The molecule has 5 aliphatic heterocycles. The highest BCUT2D eigenvalue weighted by molar-refractivity contribution is 8.00. The number of ether oxygens (including phenoxy) is 4. The van der Waals surface area contributed by atoms with Crippen molar-refractivity contribution in [3.63, 3.8) is 0 Å². The van der Waals surface area contributed by atoms with Gasteiger partial charge in [0.25, 0.3) is 11.8 Å². The number of imide groups is 1. The number of nitrogens with two attached hydrogens (primary N) is 1. The maximum atomic E-state index is 14.8. The number of nitrogens with zero attached hydrogens (tertiary/aromatic N) is 3. The van der Waals surface area contributed by atoms with Crippen LogP contribution in [0.25, 0.3) is 0 Å². The molecule has 5 heterocycles. The number of rotatable bonds is 25. The quantitative estimate of drug-likeness (QED) is 0.0409. The fraction of sp³-hybridized carbons (Fsp3) is 0.605. The summed E-state index contributed by atoms with van der Waals surface area (Å²) in [7, 11) is -0.0735. The van der Waals surface area contributed by atoms with E-state index in [0.717, 1.165) is 0 Å². The first-order valence-electron chi connectivity index (χ1n) is 22.8. The molecule has 0 bridgehead atoms. The van der Waals surface area contributed by atoms with Crippen LogP contribution in [-0.4, -0.2) is 163 Å². The van der Waals surface area contributed by atoms with Crippen LogP contribution in [0.15, 0.2) is 24.3 Å². The van der Waals surface area contributed by atoms with Gasteiger partial charge in [-0.1, -0.05) is 0 Å². The number of nitrogens with one attached hydrogen (secondary N) is 2. The van der Waals surface area contributed by atoms with Crippen LogP contribution in [0.2, 0.25) is 0 Å². The van der Waals surface area contributed by atoms with Crippen molar-refractivity contribution in [3.8, 4) is 23.0 Å². The number of methoxy groups -OCH3 is 2. The second-order valence-electron chi connectivity index (χ2n) is 17.3. The fourth-order valence-corrected chi connectivity index (χ4v) is 14.4. The molecule has 7 rings (SSSR count). The first-order chi connectivity index (χ1) is 33.1. The van der Waals surface area contributed by atoms with E-state index in [0.29, 0.717) is 81.3 Å². The summed E-state index contributed by atoms with van der Waals surface area (Å²) in [6.07, 6.45) is 3.14. The molecule has 5 amide bonds. The lowest BCUT2D eigenvalue weighted by Gasteiger charge is -2.27. The standard InChI is InChI=1S/C43H59N6O16PS3/c1-60-32-21-26-28(45-39(64-68(56)57)30-9-3-12-47(30)41(26)52)23-34(32)62-15-6-17-66(55,19-8-20-67-36-25-38(51)49(43(36)54)14-5-11-37(44)50)18-7-16-63-35-24-29-27(22-33(35)61-2)42(53)48-13-4-10-31(48)40(46-29)65-69(58)59/h21-24,30-31,36,39-40,45-46H,3-20,25H2,1-2H3,(H2,44,50)(H,56,57)(H,58,59)/t30-,31-,36?,39?,40?,66?/m0/s1. The van der Waals surface area contributed by atoms with Gasteiger partial charge in [-0.3, -0.25) is 38.0 Å². The van der Waals surface area contributed by atoms with E-state index in [2.05, 4.69) is 10.6 Å². The lowest BCUT2D eigenvalue weighted by molar-refractivity contribution is -0.138. The Morgan fingerprint density at radius 1 is 0.768 bits per heavy atom. The average Bonchev–Trinajstić information content (AvgIpc) is 4.04. The summed E-state index contributed by atoms with van der Waals surface area (Å²) in [6.45, 7) is 1.26. The smallest absolute Gasteiger partial charge is 0.304 e. The third kappa shape index (κ3) is 12.7. The summed E-state index contributed by atoms with van der Waals surface area (Å²) in [4.78, 5) is 68.5. The van der Waals surface area contributed by atoms with Crippen molar-refractivity contribution in [2.24, 2.45) is 5.73 Å². The van der Waals surface area contributed by atoms with E-state index >= 15 is 0 Å². The molecule has 26 heteroatoms. The molecule has 0 saturated carbocycles. The van der Waals surface area contributed by atoms with Crippen molar-refractivity contribution in [2.45, 2.75) is 94.0 Å². The summed E-state index contributed by atoms with van der Waals surface area (Å²) in [6, 6.07) is 5.34. The van der Waals surface area contributed by atoms with Crippen molar-refractivity contribution < 1.29 is 73.4 Å². The number of primary amides is 1. The lowest BCUT2D eigenvalue weighted by atomic mass is 10.1. The zero-order valence-electron chi connectivity index (χ0n) is 38.3. The largest absolute Gasteiger partial charge is 0.493 e. The zero-order valence-corrected chi connectivity index (χ0v) is 41.7. The molecule has 0 aliphatic carbocycles. The average molecular weight is 1040 g/mol. The van der Waals surface area contributed by atoms with E-state index in [9.17, 15) is 46.1 Å². The minimum Gasteiger partial charge on any atom is -0.493 e. The number of amides is 5. The number of carbonyl (C=O) groups excluding carboxylic acids is 5. The number of carbonyl (C=O) groups is 5. The molecule has 2 aromatic carbocycles. The number of hydrogen-bond donors (Lipinski definition) is 5. The topological polar surface area (TPSA) is 292 Å². The molecule has 0 aromatic heterocycles. The number of anilines is 2. The number of benzene rings is 2. The van der Waals surface area contributed by atoms with Gasteiger partial charge in [-0.2, -0.15) is 8.42 Å². The van der Waals surface area contributed by atoms with Crippen LogP contribution < -0.4 is 35.3 Å². The second kappa shape index (κ2) is 23.6. The van der Waals surface area contributed by atoms with Crippen LogP contribution in [0.1, 0.15) is 84.9 Å². The highest BCUT2D eigenvalue weighted by Gasteiger charge is 2.43. The highest BCUT2D eigenvalue weighted by atomic mass is 32.2. The number of hydrogen-bond acceptors (Lipinski definition) is 17. The SMILES string of the molecule is COc1cc2c(cc1OCCCP(=O)(CCCOc1cc3c(cc1OC)C(=O)N1CCC[C@H]1C(OS(=O)O)N3)CCCSC1CC(=O)N(CCCC(N)=O)C1=O)NC(OS(=O)O)[C@@H]1CCCN1C2=O. The van der Waals surface area contributed by atoms with Gasteiger partial charge >= 0.3 is 22.7 Å². The Morgan fingerprint density at radius 3 is 1.72 bits per heavy atom. The van der Waals surface area contributed by atoms with Crippen molar-refractivity contribution in [1.29, 1.82) is 0 Å². The summed E-state index contributed by atoms with van der Waals surface area (Å²) in [5.41, 5.74) is 6.47. The Hall–Kier alpha value is -4.49. The number of thioether (sulfide) groups is 1. The zero-order chi connectivity index (χ0) is 49.4. The Bertz CT molecular complexity index is 2240. The van der Waals surface area contributed by atoms with Gasteiger partial charge in [0.1, 0.15) is 0 Å². The predicted molar refractivity (Wildman–Crippen MR) is 256 cm³/mol. The lowest BCUT2D eigenvalue weighted by Crippen LogP contribution is -2.45. The second-order valence-corrected chi connectivity index (χ2v) is 23.3. The summed E-state index contributed by atoms with van der Waals surface area (Å²) >= 11 is -3.87. The van der Waals surface area contributed by atoms with Crippen LogP contribution in [0, 0.1) is 0 Å². The minimum absolute atomic E-state index is 0.0407. The normalized spacial score (nSPS) is 23.7. The molecule has 0 spiro atoms. The maximum absolute atomic E-state index is 14.8. The maximum Gasteiger partial charge on any atom is 0.304 e. The van der Waals surface area contributed by atoms with E-state index in [1.54, 1.807) is 34.1 Å². The van der Waals surface area contributed by atoms with Gasteiger partial charge in [0.05, 0.1) is 74.4 Å². The molecule has 22 nitrogen and oxygen atoms in total. The molecule has 5 unspecified atom stereocenters. The van der Waals surface area contributed by atoms with Crippen LogP contribution in [0.3, 0.4) is 0 Å². The molecule has 3 fully saturated rings. The molecular weight excluding hydrogens is 984 g/mol. The van der Waals surface area contributed by atoms with E-state index in [1.807, 2.05) is 0 Å². The molecule has 6 N–H and O–H groups in total. The molecule has 5 aliphatic rings. The van der Waals surface area contributed by atoms with Crippen LogP contribution in [-0.2, 0) is 50.0 Å². The molecule has 7 atom stereocenters. The summed E-state index contributed by atoms with van der Waals surface area (Å²) in [5.74, 6) is -0.0824. The van der Waals surface area contributed by atoms with E-state index in [4.69, 9.17) is 33.0 Å². The van der Waals surface area contributed by atoms with Crippen molar-refractivity contribution in [1.82, 2.24) is 14.7 Å². The Kier molecular flexibility index (Phi) is 17.9. The minimum atomic E-state index is -2.96. The highest BCUT2D eigenvalue weighted by Crippen LogP contribution is 2.48. The Labute approximate surface area is 409 Å². The third-order valence-electron chi connectivity index (χ3n) is 12.8. The monoisotopic (exact) mass is 1040 g/mol. The van der Waals surface area contributed by atoms with E-state index in [-0.39, 0.29) is 109 Å². The van der Waals surface area contributed by atoms with E-state index < -0.39 is 65.6 Å². The summed E-state index contributed by atoms with van der Waals surface area (Å²) < 4.78 is 91.6. The fourth-order valence-electron chi connectivity index (χ4n) is 9.55. The van der Waals surface area contributed by atoms with Gasteiger partial charge in [0.15, 0.2) is 35.5 Å². The first kappa shape index (κ1) is 52.3. The number of likely N-dealkylation sites (tertiary alicyclic amines) is 1. The molecule has 3 saturated heterocycles. The van der Waals surface area contributed by atoms with Crippen molar-refractivity contribution in [3.05, 3.63) is 35.4 Å². The first-order valence-corrected chi connectivity index (χ1v) is 28.2. The number of fused-ring (bicyclic) bond motifs is 4. The van der Waals surface area contributed by atoms with Gasteiger partial charge in [0.2, 0.25) is 17.7 Å². The van der Waals surface area contributed by atoms with Crippen LogP contribution in [0.5, 0.6) is 23.0 Å². The Morgan fingerprint density at radius 2 is 1.26 bits per heavy atom. The Balaban J connectivity index is 1.01. The van der Waals surface area contributed by atoms with Crippen LogP contribution >= 0.6 is 18.9 Å². The van der Waals surface area contributed by atoms with Gasteiger partial charge in [-0.25, -0.2) is 8.37 Å². The van der Waals surface area contributed by atoms with Gasteiger partial charge in [-0.15, -0.1) is 11.8 Å². The van der Waals surface area contributed by atoms with Crippen LogP contribution in [0.4, 0.5) is 11.4 Å². The van der Waals surface area contributed by atoms with Crippen molar-refractivity contribution in [2.75, 3.05) is 81.9 Å². The molecule has 0 radical (unpaired) electrons. The van der Waals surface area contributed by atoms with Gasteiger partial charge in [0, 0.05) is 63.1 Å².